The monoisotopic (exact) mass is 355 g/mol. The molecule has 0 aliphatic rings. The Hall–Kier alpha value is -2.09. The predicted octanol–water partition coefficient (Wildman–Crippen LogP) is 6.95. The van der Waals surface area contributed by atoms with Crippen molar-refractivity contribution in [3.05, 3.63) is 73.0 Å². The van der Waals surface area contributed by atoms with Crippen LogP contribution in [0.1, 0.15) is 71.6 Å². The van der Waals surface area contributed by atoms with Gasteiger partial charge in [-0.05, 0) is 25.8 Å². The minimum atomic E-state index is -0.160. The highest BCUT2D eigenvalue weighted by Gasteiger charge is 1.94. The molecule has 0 bridgehead atoms. The van der Waals surface area contributed by atoms with Crippen molar-refractivity contribution in [3.63, 3.8) is 0 Å². The Kier molecular flexibility index (Phi) is 17.7. The summed E-state index contributed by atoms with van der Waals surface area (Å²) in [5.41, 5.74) is 0.499. The quantitative estimate of drug-likeness (QED) is 0.192. The summed E-state index contributed by atoms with van der Waals surface area (Å²) < 4.78 is 0. The second-order valence-electron chi connectivity index (χ2n) is 6.46. The van der Waals surface area contributed by atoms with Crippen molar-refractivity contribution in [1.82, 2.24) is 5.32 Å². The molecule has 2 heteroatoms. The number of rotatable bonds is 15. The lowest BCUT2D eigenvalue weighted by Crippen LogP contribution is -2.16. The normalized spacial score (nSPS) is 12.4. The van der Waals surface area contributed by atoms with Crippen LogP contribution >= 0.6 is 0 Å². The SMILES string of the molecule is C=C(C)C(=O)NC=CC=CC=CC=CC=CCCCCCCCCCC. The van der Waals surface area contributed by atoms with Crippen molar-refractivity contribution in [2.45, 2.75) is 71.6 Å². The van der Waals surface area contributed by atoms with Gasteiger partial charge in [-0.15, -0.1) is 0 Å². The Bertz CT molecular complexity index is 506. The minimum absolute atomic E-state index is 0.160. The first-order valence-electron chi connectivity index (χ1n) is 9.96. The summed E-state index contributed by atoms with van der Waals surface area (Å²) in [6.45, 7) is 7.51. The van der Waals surface area contributed by atoms with Crippen molar-refractivity contribution in [3.8, 4) is 0 Å². The highest BCUT2D eigenvalue weighted by molar-refractivity contribution is 5.92. The molecule has 0 rings (SSSR count). The number of allylic oxidation sites excluding steroid dienone is 9. The van der Waals surface area contributed by atoms with Crippen LogP contribution in [0.3, 0.4) is 0 Å². The zero-order chi connectivity index (χ0) is 19.3. The number of carbonyl (C=O) groups is 1. The third-order valence-electron chi connectivity index (χ3n) is 3.84. The van der Waals surface area contributed by atoms with E-state index in [0.29, 0.717) is 5.57 Å². The Morgan fingerprint density at radius 2 is 1.27 bits per heavy atom. The van der Waals surface area contributed by atoms with E-state index in [2.05, 4.69) is 37.0 Å². The van der Waals surface area contributed by atoms with Gasteiger partial charge < -0.3 is 5.32 Å². The largest absolute Gasteiger partial charge is 0.329 e. The molecule has 1 amide bonds. The van der Waals surface area contributed by atoms with Crippen LogP contribution in [-0.4, -0.2) is 5.91 Å². The van der Waals surface area contributed by atoms with E-state index in [1.54, 1.807) is 19.2 Å². The molecule has 0 spiro atoms. The van der Waals surface area contributed by atoms with Crippen LogP contribution in [0.4, 0.5) is 0 Å². The van der Waals surface area contributed by atoms with E-state index in [-0.39, 0.29) is 5.91 Å². The zero-order valence-corrected chi connectivity index (χ0v) is 16.8. The lowest BCUT2D eigenvalue weighted by atomic mass is 10.1. The van der Waals surface area contributed by atoms with Crippen LogP contribution in [0.25, 0.3) is 0 Å². The first kappa shape index (κ1) is 23.9. The number of hydrogen-bond donors (Lipinski definition) is 1. The van der Waals surface area contributed by atoms with Gasteiger partial charge in [0.15, 0.2) is 0 Å². The summed E-state index contributed by atoms with van der Waals surface area (Å²) in [5.74, 6) is -0.160. The average Bonchev–Trinajstić information content (AvgIpc) is 2.63. The summed E-state index contributed by atoms with van der Waals surface area (Å²) in [4.78, 5) is 11.2. The molecule has 2 nitrogen and oxygen atoms in total. The van der Waals surface area contributed by atoms with Gasteiger partial charge in [0.2, 0.25) is 5.91 Å². The first-order chi connectivity index (χ1) is 12.7. The summed E-state index contributed by atoms with van der Waals surface area (Å²) in [7, 11) is 0. The molecule has 0 aliphatic carbocycles. The van der Waals surface area contributed by atoms with Crippen LogP contribution in [-0.2, 0) is 4.79 Å². The van der Waals surface area contributed by atoms with E-state index in [1.807, 2.05) is 30.4 Å². The maximum Gasteiger partial charge on any atom is 0.250 e. The smallest absolute Gasteiger partial charge is 0.250 e. The van der Waals surface area contributed by atoms with Crippen molar-refractivity contribution in [2.75, 3.05) is 0 Å². The van der Waals surface area contributed by atoms with Gasteiger partial charge in [0.05, 0.1) is 0 Å². The predicted molar refractivity (Wildman–Crippen MR) is 116 cm³/mol. The van der Waals surface area contributed by atoms with E-state index in [9.17, 15) is 4.79 Å². The van der Waals surface area contributed by atoms with Gasteiger partial charge in [-0.2, -0.15) is 0 Å². The van der Waals surface area contributed by atoms with Gasteiger partial charge in [0, 0.05) is 11.8 Å². The molecule has 26 heavy (non-hydrogen) atoms. The summed E-state index contributed by atoms with van der Waals surface area (Å²) in [6, 6.07) is 0. The van der Waals surface area contributed by atoms with Crippen LogP contribution in [0.2, 0.25) is 0 Å². The Balaban J connectivity index is 3.58. The van der Waals surface area contributed by atoms with Crippen LogP contribution in [0.5, 0.6) is 0 Å². The summed E-state index contributed by atoms with van der Waals surface area (Å²) in [6.07, 6.45) is 31.7. The molecule has 0 saturated heterocycles. The van der Waals surface area contributed by atoms with E-state index < -0.39 is 0 Å². The van der Waals surface area contributed by atoms with Crippen molar-refractivity contribution in [1.29, 1.82) is 0 Å². The molecule has 0 aromatic carbocycles. The molecule has 0 aromatic heterocycles. The summed E-state index contributed by atoms with van der Waals surface area (Å²) in [5, 5.41) is 2.62. The fourth-order valence-corrected chi connectivity index (χ4v) is 2.26. The maximum atomic E-state index is 11.2. The first-order valence-corrected chi connectivity index (χ1v) is 9.96. The third kappa shape index (κ3) is 18.3. The van der Waals surface area contributed by atoms with Crippen LogP contribution in [0, 0.1) is 0 Å². The molecule has 0 saturated carbocycles. The highest BCUT2D eigenvalue weighted by Crippen LogP contribution is 2.09. The molecule has 0 radical (unpaired) electrons. The molecule has 0 heterocycles. The number of unbranched alkanes of at least 4 members (excludes halogenated alkanes) is 8. The topological polar surface area (TPSA) is 29.1 Å². The molecular formula is C24H37NO. The number of amides is 1. The minimum Gasteiger partial charge on any atom is -0.329 e. The van der Waals surface area contributed by atoms with Gasteiger partial charge >= 0.3 is 0 Å². The van der Waals surface area contributed by atoms with Gasteiger partial charge in [0.1, 0.15) is 0 Å². The molecule has 0 aliphatic heterocycles. The van der Waals surface area contributed by atoms with E-state index in [1.165, 1.54) is 57.8 Å². The molecule has 1 N–H and O–H groups in total. The van der Waals surface area contributed by atoms with Gasteiger partial charge in [-0.1, -0.05) is 107 Å². The second-order valence-corrected chi connectivity index (χ2v) is 6.46. The zero-order valence-electron chi connectivity index (χ0n) is 16.8. The van der Waals surface area contributed by atoms with E-state index >= 15 is 0 Å². The molecule has 0 unspecified atom stereocenters. The molecule has 0 fully saturated rings. The van der Waals surface area contributed by atoms with Crippen molar-refractivity contribution < 1.29 is 4.79 Å². The number of nitrogens with one attached hydrogen (secondary N) is 1. The maximum absolute atomic E-state index is 11.2. The second kappa shape index (κ2) is 19.2. The Morgan fingerprint density at radius 3 is 1.85 bits per heavy atom. The van der Waals surface area contributed by atoms with Crippen molar-refractivity contribution in [2.24, 2.45) is 0 Å². The Labute approximate surface area is 161 Å². The Morgan fingerprint density at radius 1 is 0.769 bits per heavy atom. The van der Waals surface area contributed by atoms with Gasteiger partial charge in [-0.25, -0.2) is 0 Å². The van der Waals surface area contributed by atoms with E-state index in [4.69, 9.17) is 0 Å². The number of hydrogen-bond acceptors (Lipinski definition) is 1. The fourth-order valence-electron chi connectivity index (χ4n) is 2.26. The lowest BCUT2D eigenvalue weighted by Gasteiger charge is -1.99. The van der Waals surface area contributed by atoms with Crippen LogP contribution in [0.15, 0.2) is 73.0 Å². The molecule has 144 valence electrons. The third-order valence-corrected chi connectivity index (χ3v) is 3.84. The lowest BCUT2D eigenvalue weighted by molar-refractivity contribution is -0.116. The summed E-state index contributed by atoms with van der Waals surface area (Å²) >= 11 is 0. The van der Waals surface area contributed by atoms with E-state index in [0.717, 1.165) is 0 Å². The fraction of sp³-hybridized carbons (Fsp3) is 0.458. The van der Waals surface area contributed by atoms with Gasteiger partial charge in [-0.3, -0.25) is 4.79 Å². The number of carbonyl (C=O) groups excluding carboxylic acids is 1. The van der Waals surface area contributed by atoms with Crippen LogP contribution < -0.4 is 5.32 Å². The highest BCUT2D eigenvalue weighted by atomic mass is 16.1. The standard InChI is InChI=1S/C24H37NO/c1-4-5-6-7-8-9-10-11-12-13-14-15-16-17-18-19-20-21-22-25-24(26)23(2)3/h13-22H,2,4-12H2,1,3H3,(H,25,26). The average molecular weight is 356 g/mol. The molecule has 0 atom stereocenters. The van der Waals surface area contributed by atoms with Gasteiger partial charge in [0.25, 0.3) is 0 Å². The molecule has 0 aromatic rings. The molecular weight excluding hydrogens is 318 g/mol. The van der Waals surface area contributed by atoms with Crippen molar-refractivity contribution >= 4 is 5.91 Å².